The van der Waals surface area contributed by atoms with Crippen molar-refractivity contribution in [3.05, 3.63) is 477 Å². The van der Waals surface area contributed by atoms with Gasteiger partial charge in [0.2, 0.25) is 0 Å². The Hall–Kier alpha value is -13.4. The molecule has 0 spiro atoms. The van der Waals surface area contributed by atoms with Crippen LogP contribution >= 0.6 is 0 Å². The SMILES string of the molecule is CC.CC.CC.CC.CC.CC.CC.CC.OC(COc1c(Cc2ccccc2)cc(C2(c3cc(Cc4ccccc4)c(OCC4CO4)c(-c4ccccc4)c3)c3ccccc3-c3ccccc32)cc1-c1ccccc1)COc1c(Cc2ccccc2)cc(C2(c3cc(Cc4ccccc4)c(OCC4CO4)c(-c4ccccc4)c3)c3ccccc3-c3ccccc32)cc1-c1ccccc1. The molecule has 16 aromatic carbocycles. The minimum Gasteiger partial charge on any atom is -0.490 e. The predicted octanol–water partition coefficient (Wildman–Crippen LogP) is 32.0. The zero-order chi connectivity index (χ0) is 94.8. The van der Waals surface area contributed by atoms with Gasteiger partial charge in [-0.15, -0.1) is 0 Å². The first kappa shape index (κ1) is 99.6. The number of aliphatic hydroxyl groups is 1. The second kappa shape index (κ2) is 49.9. The molecule has 0 amide bonds. The molecular weight excluding hydrogens is 1640 g/mol. The second-order valence-electron chi connectivity index (χ2n) is 31.7. The third-order valence-corrected chi connectivity index (χ3v) is 24.1. The largest absolute Gasteiger partial charge is 0.490 e. The molecule has 2 fully saturated rings. The van der Waals surface area contributed by atoms with Crippen LogP contribution in [0.4, 0.5) is 0 Å². The highest BCUT2D eigenvalue weighted by Gasteiger charge is 2.50. The standard InChI is InChI=1S/C111H88O7.8C2H6/c112-91(69-115-106-83(57-75-33-9-1-10-34-75)61-87(65-98(106)79-41-17-5-18-42-79)110(102-53-29-25-49-94(102)95-50-26-30-54-103(95)110)89-63-85(59-77-37-13-3-14-38-77)108(117-73-92-71-113-92)100(67-89)81-45-21-7-22-46-81)70-116-107-84(58-76-35-11-2-12-36-76)62-88(66-99(107)80-43-19-6-20-44-80)111(104-55-31-27-51-96(104)97-52-28-32-56-105(97)111)90-64-86(60-78-39-15-4-16-40-78)109(118-74-93-72-114-93)101(68-90)82-47-23-8-24-48-82;8*1-2/h1-56,61-68,91-93,112H,57-60,69-74H2;8*1-2H3. The Morgan fingerprint density at radius 3 is 0.634 bits per heavy atom. The van der Waals surface area contributed by atoms with E-state index in [1.54, 1.807) is 0 Å². The maximum absolute atomic E-state index is 13.1. The topological polar surface area (TPSA) is 82.2 Å². The summed E-state index contributed by atoms with van der Waals surface area (Å²) in [5.74, 6) is 3.09. The Kier molecular flexibility index (Phi) is 37.1. The summed E-state index contributed by atoms with van der Waals surface area (Å²) in [6, 6.07) is 141. The zero-order valence-corrected chi connectivity index (χ0v) is 81.7. The Labute approximate surface area is 800 Å². The molecule has 0 aromatic heterocycles. The molecule has 2 heterocycles. The van der Waals surface area contributed by atoms with Crippen molar-refractivity contribution in [1.82, 2.24) is 0 Å². The van der Waals surface area contributed by atoms with E-state index in [-0.39, 0.29) is 25.4 Å². The van der Waals surface area contributed by atoms with E-state index in [1.165, 1.54) is 55.6 Å². The predicted molar refractivity (Wildman–Crippen MR) is 564 cm³/mol. The van der Waals surface area contributed by atoms with Crippen LogP contribution in [-0.4, -0.2) is 63.1 Å². The molecule has 16 aromatic rings. The van der Waals surface area contributed by atoms with Crippen molar-refractivity contribution in [2.75, 3.05) is 39.6 Å². The molecule has 7 nitrogen and oxygen atoms in total. The first-order valence-electron chi connectivity index (χ1n) is 49.3. The van der Waals surface area contributed by atoms with Gasteiger partial charge in [0.25, 0.3) is 0 Å². The van der Waals surface area contributed by atoms with Gasteiger partial charge in [0, 0.05) is 47.9 Å². The quantitative estimate of drug-likeness (QED) is 0.0489. The van der Waals surface area contributed by atoms with Crippen LogP contribution in [0, 0.1) is 0 Å². The Morgan fingerprint density at radius 1 is 0.239 bits per heavy atom. The number of aliphatic hydroxyl groups excluding tert-OH is 1. The number of benzene rings is 16. The van der Waals surface area contributed by atoms with Crippen molar-refractivity contribution in [3.63, 3.8) is 0 Å². The third kappa shape index (κ3) is 22.1. The smallest absolute Gasteiger partial charge is 0.130 e. The van der Waals surface area contributed by atoms with Crippen molar-refractivity contribution in [1.29, 1.82) is 0 Å². The summed E-state index contributed by atoms with van der Waals surface area (Å²) in [7, 11) is 0. The van der Waals surface area contributed by atoms with Crippen LogP contribution < -0.4 is 18.9 Å². The number of fused-ring (bicyclic) bond motifs is 6. The molecule has 1 N–H and O–H groups in total. The number of epoxide rings is 2. The van der Waals surface area contributed by atoms with Gasteiger partial charge in [-0.1, -0.05) is 475 Å². The maximum atomic E-state index is 13.1. The van der Waals surface area contributed by atoms with E-state index in [1.807, 2.05) is 111 Å². The Balaban J connectivity index is 0.000000962. The van der Waals surface area contributed by atoms with E-state index < -0.39 is 16.9 Å². The lowest BCUT2D eigenvalue weighted by molar-refractivity contribution is 0.0624. The van der Waals surface area contributed by atoms with Gasteiger partial charge in [-0.25, -0.2) is 0 Å². The highest BCUT2D eigenvalue weighted by molar-refractivity contribution is 5.91. The Bertz CT molecular complexity index is 5790. The number of rotatable bonds is 28. The lowest BCUT2D eigenvalue weighted by atomic mass is 9.66. The lowest BCUT2D eigenvalue weighted by Crippen LogP contribution is -2.30. The molecule has 2 aliphatic carbocycles. The van der Waals surface area contributed by atoms with Gasteiger partial charge in [0.1, 0.15) is 67.7 Å². The van der Waals surface area contributed by atoms with E-state index in [4.69, 9.17) is 28.4 Å². The second-order valence-corrected chi connectivity index (χ2v) is 31.7. The van der Waals surface area contributed by atoms with Crippen LogP contribution in [0.15, 0.2) is 388 Å². The average Bonchev–Trinajstić information content (AvgIpc) is 1.54. The molecule has 0 bridgehead atoms. The van der Waals surface area contributed by atoms with Crippen molar-refractivity contribution in [2.45, 2.75) is 166 Å². The van der Waals surface area contributed by atoms with Crippen molar-refractivity contribution < 1.29 is 33.5 Å². The summed E-state index contributed by atoms with van der Waals surface area (Å²) in [6.07, 6.45) is 1.30. The van der Waals surface area contributed by atoms with Gasteiger partial charge >= 0.3 is 0 Å². The highest BCUT2D eigenvalue weighted by Crippen LogP contribution is 2.61. The van der Waals surface area contributed by atoms with Crippen LogP contribution in [0.1, 0.15) is 200 Å². The average molecular weight is 1770 g/mol. The van der Waals surface area contributed by atoms with Crippen LogP contribution in [-0.2, 0) is 46.0 Å². The minimum atomic E-state index is -1.11. The van der Waals surface area contributed by atoms with Gasteiger partial charge in [-0.3, -0.25) is 0 Å². The fourth-order valence-electron chi connectivity index (χ4n) is 18.6. The van der Waals surface area contributed by atoms with Crippen LogP contribution in [0.2, 0.25) is 0 Å². The highest BCUT2D eigenvalue weighted by atomic mass is 16.6. The molecule has 2 unspecified atom stereocenters. The summed E-state index contributed by atoms with van der Waals surface area (Å²) in [4.78, 5) is 0. The molecule has 0 radical (unpaired) electrons. The van der Waals surface area contributed by atoms with E-state index in [0.717, 1.165) is 112 Å². The summed E-state index contributed by atoms with van der Waals surface area (Å²) < 4.78 is 40.8. The first-order chi connectivity index (χ1) is 66.4. The van der Waals surface area contributed by atoms with Gasteiger partial charge in [0.15, 0.2) is 0 Å². The van der Waals surface area contributed by atoms with Crippen LogP contribution in [0.5, 0.6) is 23.0 Å². The monoisotopic (exact) mass is 1770 g/mol. The van der Waals surface area contributed by atoms with Crippen LogP contribution in [0.3, 0.4) is 0 Å². The van der Waals surface area contributed by atoms with Crippen molar-refractivity contribution in [3.8, 4) is 89.8 Å². The maximum Gasteiger partial charge on any atom is 0.130 e. The normalized spacial score (nSPS) is 13.6. The van der Waals surface area contributed by atoms with E-state index in [2.05, 4.69) is 388 Å². The molecule has 4 aliphatic rings. The molecule has 686 valence electrons. The number of hydrogen-bond donors (Lipinski definition) is 1. The summed E-state index contributed by atoms with van der Waals surface area (Å²) in [5.41, 5.74) is 28.7. The summed E-state index contributed by atoms with van der Waals surface area (Å²) in [5, 5.41) is 13.1. The zero-order valence-electron chi connectivity index (χ0n) is 81.7. The first-order valence-corrected chi connectivity index (χ1v) is 49.3. The fraction of sp³-hybridized carbons (Fsp3) is 0.244. The van der Waals surface area contributed by atoms with E-state index in [9.17, 15) is 5.11 Å². The van der Waals surface area contributed by atoms with Gasteiger partial charge < -0.3 is 33.5 Å². The molecule has 134 heavy (non-hydrogen) atoms. The fourth-order valence-corrected chi connectivity index (χ4v) is 18.6. The number of hydrogen-bond acceptors (Lipinski definition) is 7. The van der Waals surface area contributed by atoms with E-state index in [0.29, 0.717) is 63.6 Å². The lowest BCUT2D eigenvalue weighted by Gasteiger charge is -2.36. The third-order valence-electron chi connectivity index (χ3n) is 24.1. The molecule has 0 saturated carbocycles. The molecule has 2 saturated heterocycles. The van der Waals surface area contributed by atoms with Crippen molar-refractivity contribution in [2.24, 2.45) is 0 Å². The van der Waals surface area contributed by atoms with Crippen LogP contribution in [0.25, 0.3) is 66.8 Å². The number of ether oxygens (including phenoxy) is 6. The van der Waals surface area contributed by atoms with E-state index >= 15 is 0 Å². The van der Waals surface area contributed by atoms with Gasteiger partial charge in [0.05, 0.1) is 24.0 Å². The van der Waals surface area contributed by atoms with Crippen molar-refractivity contribution >= 4 is 0 Å². The molecule has 2 atom stereocenters. The molecule has 2 aliphatic heterocycles. The Morgan fingerprint density at radius 2 is 0.425 bits per heavy atom. The summed E-state index contributed by atoms with van der Waals surface area (Å²) in [6.45, 7) is 34.1. The summed E-state index contributed by atoms with van der Waals surface area (Å²) >= 11 is 0. The van der Waals surface area contributed by atoms with Gasteiger partial charge in [-0.2, -0.15) is 0 Å². The van der Waals surface area contributed by atoms with Gasteiger partial charge in [-0.05, 0) is 158 Å². The molecule has 20 rings (SSSR count). The molecular formula is C127H136O7. The molecule has 7 heteroatoms. The minimum absolute atomic E-state index is 0.0403.